The Morgan fingerprint density at radius 2 is 2.36 bits per heavy atom. The minimum Gasteiger partial charge on any atom is -0.487 e. The summed E-state index contributed by atoms with van der Waals surface area (Å²) in [6.07, 6.45) is 0. The number of likely N-dealkylation sites (N-methyl/N-ethyl adjacent to an activating group) is 1. The zero-order valence-electron chi connectivity index (χ0n) is 7.76. The van der Waals surface area contributed by atoms with E-state index in [-0.39, 0.29) is 0 Å². The number of halogens is 2. The Morgan fingerprint density at radius 3 is 3.07 bits per heavy atom. The summed E-state index contributed by atoms with van der Waals surface area (Å²) in [5.74, 6) is 0.848. The first-order valence-corrected chi connectivity index (χ1v) is 6.04. The highest BCUT2D eigenvalue weighted by Gasteiger charge is 2.20. The third-order valence-corrected chi connectivity index (χ3v) is 3.15. The first-order valence-electron chi connectivity index (χ1n) is 4.46. The third kappa shape index (κ3) is 1.75. The molecule has 0 aliphatic carbocycles. The van der Waals surface area contributed by atoms with Crippen molar-refractivity contribution >= 4 is 37.5 Å². The van der Waals surface area contributed by atoms with Crippen molar-refractivity contribution < 1.29 is 4.74 Å². The first-order chi connectivity index (χ1) is 6.72. The minimum atomic E-state index is 0.725. The number of fused-ring (bicyclic) bond motifs is 1. The normalized spacial score (nSPS) is 14.9. The van der Waals surface area contributed by atoms with Gasteiger partial charge in [0, 0.05) is 6.54 Å². The maximum Gasteiger partial charge on any atom is 0.175 e. The second-order valence-corrected chi connectivity index (χ2v) is 4.58. The molecule has 76 valence electrons. The molecule has 0 unspecified atom stereocenters. The third-order valence-electron chi connectivity index (χ3n) is 2.21. The minimum absolute atomic E-state index is 0.725. The van der Waals surface area contributed by atoms with Crippen molar-refractivity contribution in [3.05, 3.63) is 15.3 Å². The van der Waals surface area contributed by atoms with Crippen LogP contribution in [0.4, 0.5) is 5.69 Å². The Hall–Kier alpha value is -0.290. The topological polar surface area (TPSA) is 25.4 Å². The van der Waals surface area contributed by atoms with E-state index in [1.807, 2.05) is 6.07 Å². The van der Waals surface area contributed by atoms with Gasteiger partial charge in [0.25, 0.3) is 0 Å². The fourth-order valence-electron chi connectivity index (χ4n) is 1.54. The van der Waals surface area contributed by atoms with Crippen molar-refractivity contribution in [3.63, 3.8) is 0 Å². The predicted octanol–water partition coefficient (Wildman–Crippen LogP) is 2.83. The molecule has 0 radical (unpaired) electrons. The van der Waals surface area contributed by atoms with Crippen LogP contribution in [0.2, 0.25) is 0 Å². The van der Waals surface area contributed by atoms with Crippen LogP contribution >= 0.6 is 31.9 Å². The molecule has 1 aromatic heterocycles. The van der Waals surface area contributed by atoms with Crippen molar-refractivity contribution in [1.29, 1.82) is 0 Å². The SMILES string of the molecule is CCN1CCOc2c1cc(Br)nc2Br. The zero-order valence-corrected chi connectivity index (χ0v) is 10.9. The number of ether oxygens (including phenoxy) is 1. The van der Waals surface area contributed by atoms with Crippen molar-refractivity contribution in [2.45, 2.75) is 6.92 Å². The van der Waals surface area contributed by atoms with Crippen molar-refractivity contribution in [3.8, 4) is 5.75 Å². The highest BCUT2D eigenvalue weighted by Crippen LogP contribution is 2.38. The molecule has 0 spiro atoms. The molecule has 1 aliphatic rings. The van der Waals surface area contributed by atoms with E-state index in [1.54, 1.807) is 0 Å². The van der Waals surface area contributed by atoms with E-state index in [9.17, 15) is 0 Å². The molecule has 0 fully saturated rings. The second-order valence-electron chi connectivity index (χ2n) is 3.01. The van der Waals surface area contributed by atoms with Gasteiger partial charge in [0.15, 0.2) is 10.4 Å². The van der Waals surface area contributed by atoms with Crippen LogP contribution in [0.15, 0.2) is 15.3 Å². The number of anilines is 1. The van der Waals surface area contributed by atoms with E-state index in [4.69, 9.17) is 4.74 Å². The van der Waals surface area contributed by atoms with Gasteiger partial charge in [-0.15, -0.1) is 0 Å². The molecule has 1 aromatic rings. The molecular weight excluding hydrogens is 312 g/mol. The van der Waals surface area contributed by atoms with Crippen molar-refractivity contribution in [2.75, 3.05) is 24.6 Å². The molecule has 5 heteroatoms. The summed E-state index contributed by atoms with van der Waals surface area (Å²) < 4.78 is 7.16. The average Bonchev–Trinajstić information content (AvgIpc) is 2.17. The van der Waals surface area contributed by atoms with Gasteiger partial charge < -0.3 is 9.64 Å². The summed E-state index contributed by atoms with van der Waals surface area (Å²) in [5, 5.41) is 0. The van der Waals surface area contributed by atoms with E-state index in [1.165, 1.54) is 0 Å². The second kappa shape index (κ2) is 4.06. The standard InChI is InChI=1S/C9H10Br2N2O/c1-2-13-3-4-14-8-6(13)5-7(10)12-9(8)11/h5H,2-4H2,1H3. The molecule has 14 heavy (non-hydrogen) atoms. The number of nitrogens with zero attached hydrogens (tertiary/aromatic N) is 2. The molecule has 3 nitrogen and oxygen atoms in total. The lowest BCUT2D eigenvalue weighted by atomic mass is 10.3. The van der Waals surface area contributed by atoms with Gasteiger partial charge in [-0.2, -0.15) is 0 Å². The lowest BCUT2D eigenvalue weighted by molar-refractivity contribution is 0.304. The number of rotatable bonds is 1. The predicted molar refractivity (Wildman–Crippen MR) is 63.0 cm³/mol. The molecule has 0 bridgehead atoms. The number of hydrogen-bond acceptors (Lipinski definition) is 3. The molecule has 0 saturated heterocycles. The van der Waals surface area contributed by atoms with E-state index in [0.717, 1.165) is 40.3 Å². The molecule has 0 amide bonds. The summed E-state index contributed by atoms with van der Waals surface area (Å²) in [6.45, 7) is 4.78. The fraction of sp³-hybridized carbons (Fsp3) is 0.444. The molecule has 2 rings (SSSR count). The Balaban J connectivity index is 2.51. The Kier molecular flexibility index (Phi) is 2.97. The highest BCUT2D eigenvalue weighted by atomic mass is 79.9. The van der Waals surface area contributed by atoms with Crippen LogP contribution in [-0.2, 0) is 0 Å². The monoisotopic (exact) mass is 320 g/mol. The van der Waals surface area contributed by atoms with Gasteiger partial charge in [0.1, 0.15) is 11.2 Å². The van der Waals surface area contributed by atoms with Crippen LogP contribution in [0.25, 0.3) is 0 Å². The van der Waals surface area contributed by atoms with Crippen LogP contribution in [0.3, 0.4) is 0 Å². The van der Waals surface area contributed by atoms with Gasteiger partial charge in [0.2, 0.25) is 0 Å². The molecule has 1 aliphatic heterocycles. The fourth-order valence-corrected chi connectivity index (χ4v) is 2.68. The Morgan fingerprint density at radius 1 is 1.57 bits per heavy atom. The maximum absolute atomic E-state index is 5.57. The Bertz CT molecular complexity index is 357. The smallest absolute Gasteiger partial charge is 0.175 e. The van der Waals surface area contributed by atoms with Gasteiger partial charge in [-0.3, -0.25) is 0 Å². The van der Waals surface area contributed by atoms with Gasteiger partial charge >= 0.3 is 0 Å². The molecule has 2 heterocycles. The molecule has 0 N–H and O–H groups in total. The Labute approximate surface area is 99.7 Å². The largest absolute Gasteiger partial charge is 0.487 e. The summed E-state index contributed by atoms with van der Waals surface area (Å²) >= 11 is 6.77. The van der Waals surface area contributed by atoms with E-state index < -0.39 is 0 Å². The highest BCUT2D eigenvalue weighted by molar-refractivity contribution is 9.11. The lowest BCUT2D eigenvalue weighted by Crippen LogP contribution is -2.32. The van der Waals surface area contributed by atoms with Crippen molar-refractivity contribution in [2.24, 2.45) is 0 Å². The molecular formula is C9H10Br2N2O. The van der Waals surface area contributed by atoms with E-state index >= 15 is 0 Å². The van der Waals surface area contributed by atoms with Crippen molar-refractivity contribution in [1.82, 2.24) is 4.98 Å². The van der Waals surface area contributed by atoms with Gasteiger partial charge in [-0.1, -0.05) is 0 Å². The summed E-state index contributed by atoms with van der Waals surface area (Å²) in [5.41, 5.74) is 1.10. The quantitative estimate of drug-likeness (QED) is 0.744. The first kappa shape index (κ1) is 10.2. The summed E-state index contributed by atoms with van der Waals surface area (Å²) in [4.78, 5) is 6.51. The van der Waals surface area contributed by atoms with Crippen LogP contribution < -0.4 is 9.64 Å². The molecule has 0 atom stereocenters. The zero-order chi connectivity index (χ0) is 10.1. The van der Waals surface area contributed by atoms with Crippen LogP contribution in [0, 0.1) is 0 Å². The number of aromatic nitrogens is 1. The van der Waals surface area contributed by atoms with Gasteiger partial charge in [-0.25, -0.2) is 4.98 Å². The van der Waals surface area contributed by atoms with Crippen LogP contribution in [0.1, 0.15) is 6.92 Å². The van der Waals surface area contributed by atoms with Gasteiger partial charge in [0.05, 0.1) is 12.2 Å². The summed E-state index contributed by atoms with van der Waals surface area (Å²) in [7, 11) is 0. The number of hydrogen-bond donors (Lipinski definition) is 0. The van der Waals surface area contributed by atoms with Crippen LogP contribution in [0.5, 0.6) is 5.75 Å². The van der Waals surface area contributed by atoms with Crippen LogP contribution in [-0.4, -0.2) is 24.7 Å². The average molecular weight is 322 g/mol. The molecule has 0 saturated carbocycles. The van der Waals surface area contributed by atoms with E-state index in [0.29, 0.717) is 0 Å². The number of pyridine rings is 1. The lowest BCUT2D eigenvalue weighted by Gasteiger charge is -2.30. The maximum atomic E-state index is 5.57. The summed E-state index contributed by atoms with van der Waals surface area (Å²) in [6, 6.07) is 1.99. The van der Waals surface area contributed by atoms with Gasteiger partial charge in [-0.05, 0) is 44.8 Å². The van der Waals surface area contributed by atoms with E-state index in [2.05, 4.69) is 48.7 Å². The molecule has 0 aromatic carbocycles.